The topological polar surface area (TPSA) is 54.0 Å². The van der Waals surface area contributed by atoms with Crippen molar-refractivity contribution in [1.82, 2.24) is 15.6 Å². The molecule has 1 unspecified atom stereocenters. The molecule has 1 aromatic heterocycles. The molecule has 0 aliphatic heterocycles. The molecule has 4 nitrogen and oxygen atoms in total. The van der Waals surface area contributed by atoms with Crippen LogP contribution >= 0.6 is 11.3 Å². The highest BCUT2D eigenvalue weighted by molar-refractivity contribution is 7.09. The number of amides is 1. The summed E-state index contributed by atoms with van der Waals surface area (Å²) in [4.78, 5) is 15.8. The molecular formula is C12H21N3OS. The first kappa shape index (κ1) is 14.1. The Morgan fingerprint density at radius 3 is 2.94 bits per heavy atom. The van der Waals surface area contributed by atoms with Gasteiger partial charge in [0.15, 0.2) is 0 Å². The second-order valence-electron chi connectivity index (χ2n) is 4.19. The van der Waals surface area contributed by atoms with Gasteiger partial charge in [-0.05, 0) is 20.3 Å². The molecule has 0 saturated carbocycles. The van der Waals surface area contributed by atoms with Crippen molar-refractivity contribution < 1.29 is 4.79 Å². The van der Waals surface area contributed by atoms with Crippen LogP contribution in [0.15, 0.2) is 5.38 Å². The Labute approximate surface area is 107 Å². The monoisotopic (exact) mass is 255 g/mol. The molecule has 1 atom stereocenters. The van der Waals surface area contributed by atoms with Gasteiger partial charge in [-0.1, -0.05) is 6.92 Å². The number of aromatic nitrogens is 1. The van der Waals surface area contributed by atoms with Crippen LogP contribution in [0.4, 0.5) is 0 Å². The van der Waals surface area contributed by atoms with Gasteiger partial charge in [-0.15, -0.1) is 11.3 Å². The van der Waals surface area contributed by atoms with E-state index in [4.69, 9.17) is 0 Å². The fourth-order valence-corrected chi connectivity index (χ4v) is 2.07. The minimum absolute atomic E-state index is 0.113. The molecule has 0 saturated heterocycles. The molecule has 2 N–H and O–H groups in total. The van der Waals surface area contributed by atoms with Crippen molar-refractivity contribution in [2.24, 2.45) is 0 Å². The number of aryl methyl sites for hydroxylation is 1. The van der Waals surface area contributed by atoms with Crippen molar-refractivity contribution in [3.05, 3.63) is 16.1 Å². The van der Waals surface area contributed by atoms with Crippen LogP contribution in [0.25, 0.3) is 0 Å². The second kappa shape index (κ2) is 7.40. The van der Waals surface area contributed by atoms with Crippen LogP contribution in [-0.2, 0) is 11.3 Å². The Morgan fingerprint density at radius 2 is 2.35 bits per heavy atom. The van der Waals surface area contributed by atoms with Gasteiger partial charge in [0.25, 0.3) is 0 Å². The van der Waals surface area contributed by atoms with Gasteiger partial charge in [-0.2, -0.15) is 0 Å². The van der Waals surface area contributed by atoms with Gasteiger partial charge < -0.3 is 10.6 Å². The van der Waals surface area contributed by atoms with E-state index in [0.29, 0.717) is 13.0 Å². The van der Waals surface area contributed by atoms with Crippen LogP contribution in [0.3, 0.4) is 0 Å². The third-order valence-electron chi connectivity index (χ3n) is 2.49. The minimum Gasteiger partial charge on any atom is -0.354 e. The van der Waals surface area contributed by atoms with Crippen molar-refractivity contribution in [3.63, 3.8) is 0 Å². The summed E-state index contributed by atoms with van der Waals surface area (Å²) in [6.45, 7) is 7.51. The van der Waals surface area contributed by atoms with Crippen molar-refractivity contribution >= 4 is 17.2 Å². The van der Waals surface area contributed by atoms with E-state index in [0.717, 1.165) is 23.7 Å². The lowest BCUT2D eigenvalue weighted by atomic mass is 10.2. The van der Waals surface area contributed by atoms with E-state index in [2.05, 4.69) is 22.5 Å². The van der Waals surface area contributed by atoms with Gasteiger partial charge >= 0.3 is 0 Å². The summed E-state index contributed by atoms with van der Waals surface area (Å²) < 4.78 is 0. The predicted octanol–water partition coefficient (Wildman–Crippen LogP) is 1.85. The Balaban J connectivity index is 2.10. The lowest BCUT2D eigenvalue weighted by molar-refractivity contribution is -0.121. The van der Waals surface area contributed by atoms with Gasteiger partial charge in [0, 0.05) is 36.6 Å². The first-order valence-electron chi connectivity index (χ1n) is 6.03. The van der Waals surface area contributed by atoms with Gasteiger partial charge in [0.1, 0.15) is 5.01 Å². The number of rotatable bonds is 7. The highest BCUT2D eigenvalue weighted by Crippen LogP contribution is 2.07. The molecule has 17 heavy (non-hydrogen) atoms. The number of thiazole rings is 1. The summed E-state index contributed by atoms with van der Waals surface area (Å²) in [6.07, 6.45) is 1.49. The third-order valence-corrected chi connectivity index (χ3v) is 3.46. The normalized spacial score (nSPS) is 12.4. The van der Waals surface area contributed by atoms with Gasteiger partial charge in [-0.3, -0.25) is 4.79 Å². The van der Waals surface area contributed by atoms with Gasteiger partial charge in [0.2, 0.25) is 5.91 Å². The van der Waals surface area contributed by atoms with Crippen molar-refractivity contribution in [1.29, 1.82) is 0 Å². The number of carbonyl (C=O) groups is 1. The van der Waals surface area contributed by atoms with E-state index in [1.54, 1.807) is 11.3 Å². The maximum atomic E-state index is 11.5. The molecule has 0 aromatic carbocycles. The van der Waals surface area contributed by atoms with E-state index < -0.39 is 0 Å². The summed E-state index contributed by atoms with van der Waals surface area (Å²) in [5.41, 5.74) is 1.06. The van der Waals surface area contributed by atoms with E-state index in [1.807, 2.05) is 19.2 Å². The van der Waals surface area contributed by atoms with Gasteiger partial charge in [-0.25, -0.2) is 4.98 Å². The summed E-state index contributed by atoms with van der Waals surface area (Å²) in [5, 5.41) is 9.27. The number of nitrogens with zero attached hydrogens (tertiary/aromatic N) is 1. The molecule has 0 bridgehead atoms. The molecule has 1 heterocycles. The molecule has 0 aliphatic rings. The van der Waals surface area contributed by atoms with Crippen LogP contribution in [-0.4, -0.2) is 23.5 Å². The SMILES string of the molecule is CCC(C)NC(=O)CCNCc1nc(C)cs1. The summed E-state index contributed by atoms with van der Waals surface area (Å²) in [5.74, 6) is 0.113. The molecular weight excluding hydrogens is 234 g/mol. The quantitative estimate of drug-likeness (QED) is 0.731. The largest absolute Gasteiger partial charge is 0.354 e. The van der Waals surface area contributed by atoms with Crippen molar-refractivity contribution in [2.45, 2.75) is 46.2 Å². The molecule has 0 aliphatic carbocycles. The van der Waals surface area contributed by atoms with E-state index in [-0.39, 0.29) is 11.9 Å². The first-order chi connectivity index (χ1) is 8.11. The zero-order chi connectivity index (χ0) is 12.7. The Bertz CT molecular complexity index is 351. The lowest BCUT2D eigenvalue weighted by Gasteiger charge is -2.11. The summed E-state index contributed by atoms with van der Waals surface area (Å²) in [7, 11) is 0. The smallest absolute Gasteiger partial charge is 0.221 e. The average molecular weight is 255 g/mol. The lowest BCUT2D eigenvalue weighted by Crippen LogP contribution is -2.33. The standard InChI is InChI=1S/C12H21N3OS/c1-4-9(2)14-11(16)5-6-13-7-12-15-10(3)8-17-12/h8-9,13H,4-7H2,1-3H3,(H,14,16). The third kappa shape index (κ3) is 5.79. The van der Waals surface area contributed by atoms with Crippen LogP contribution < -0.4 is 10.6 Å². The van der Waals surface area contributed by atoms with Crippen LogP contribution in [0.5, 0.6) is 0 Å². The van der Waals surface area contributed by atoms with E-state index in [9.17, 15) is 4.79 Å². The van der Waals surface area contributed by atoms with Crippen LogP contribution in [0.1, 0.15) is 37.4 Å². The average Bonchev–Trinajstić information content (AvgIpc) is 2.70. The number of hydrogen-bond acceptors (Lipinski definition) is 4. The highest BCUT2D eigenvalue weighted by Gasteiger charge is 2.05. The molecule has 1 rings (SSSR count). The number of carbonyl (C=O) groups excluding carboxylic acids is 1. The molecule has 5 heteroatoms. The number of nitrogens with one attached hydrogen (secondary N) is 2. The summed E-state index contributed by atoms with van der Waals surface area (Å²) in [6, 6.07) is 0.268. The van der Waals surface area contributed by atoms with Crippen LogP contribution in [0.2, 0.25) is 0 Å². The summed E-state index contributed by atoms with van der Waals surface area (Å²) >= 11 is 1.65. The zero-order valence-corrected chi connectivity index (χ0v) is 11.6. The Morgan fingerprint density at radius 1 is 1.59 bits per heavy atom. The van der Waals surface area contributed by atoms with Crippen molar-refractivity contribution in [3.8, 4) is 0 Å². The Kier molecular flexibility index (Phi) is 6.15. The molecule has 96 valence electrons. The van der Waals surface area contributed by atoms with E-state index >= 15 is 0 Å². The highest BCUT2D eigenvalue weighted by atomic mass is 32.1. The second-order valence-corrected chi connectivity index (χ2v) is 5.13. The zero-order valence-electron chi connectivity index (χ0n) is 10.7. The number of hydrogen-bond donors (Lipinski definition) is 2. The molecule has 0 fully saturated rings. The van der Waals surface area contributed by atoms with Gasteiger partial charge in [0.05, 0.1) is 0 Å². The molecule has 1 aromatic rings. The fraction of sp³-hybridized carbons (Fsp3) is 0.667. The predicted molar refractivity (Wildman–Crippen MR) is 71.1 cm³/mol. The Hall–Kier alpha value is -0.940. The maximum Gasteiger partial charge on any atom is 0.221 e. The molecule has 0 radical (unpaired) electrons. The van der Waals surface area contributed by atoms with Crippen LogP contribution in [0, 0.1) is 6.92 Å². The van der Waals surface area contributed by atoms with Crippen molar-refractivity contribution in [2.75, 3.05) is 6.54 Å². The van der Waals surface area contributed by atoms with E-state index in [1.165, 1.54) is 0 Å². The molecule has 1 amide bonds. The first-order valence-corrected chi connectivity index (χ1v) is 6.91. The molecule has 0 spiro atoms. The fourth-order valence-electron chi connectivity index (χ4n) is 1.33. The maximum absolute atomic E-state index is 11.5. The minimum atomic E-state index is 0.113.